The first-order valence-corrected chi connectivity index (χ1v) is 5.58. The average molecular weight is 252 g/mol. The molecule has 1 aliphatic carbocycles. The van der Waals surface area contributed by atoms with E-state index < -0.39 is 5.91 Å². The van der Waals surface area contributed by atoms with E-state index in [0.717, 1.165) is 0 Å². The van der Waals surface area contributed by atoms with Gasteiger partial charge in [0.2, 0.25) is 11.7 Å². The largest absolute Gasteiger partial charge is 0.366 e. The zero-order valence-electron chi connectivity index (χ0n) is 9.71. The van der Waals surface area contributed by atoms with Gasteiger partial charge in [0.25, 0.3) is 0 Å². The SMILES string of the molecule is NC(=O)c1cnc2c(c1)C(=O)c1ccccc1C2=O. The number of pyridine rings is 1. The van der Waals surface area contributed by atoms with Crippen LogP contribution in [0, 0.1) is 0 Å². The summed E-state index contributed by atoms with van der Waals surface area (Å²) in [5.41, 5.74) is 6.10. The van der Waals surface area contributed by atoms with Gasteiger partial charge in [0.15, 0.2) is 5.78 Å². The number of rotatable bonds is 1. The van der Waals surface area contributed by atoms with Crippen LogP contribution in [-0.2, 0) is 0 Å². The molecule has 0 saturated heterocycles. The van der Waals surface area contributed by atoms with Crippen LogP contribution in [0.3, 0.4) is 0 Å². The molecular formula is C14H8N2O3. The number of benzene rings is 1. The van der Waals surface area contributed by atoms with E-state index in [4.69, 9.17) is 5.73 Å². The number of fused-ring (bicyclic) bond motifs is 2. The van der Waals surface area contributed by atoms with Gasteiger partial charge >= 0.3 is 0 Å². The first-order valence-electron chi connectivity index (χ1n) is 5.58. The first kappa shape index (κ1) is 11.3. The van der Waals surface area contributed by atoms with E-state index in [1.54, 1.807) is 24.3 Å². The van der Waals surface area contributed by atoms with Crippen LogP contribution in [-0.4, -0.2) is 22.5 Å². The second kappa shape index (κ2) is 3.84. The van der Waals surface area contributed by atoms with Crippen molar-refractivity contribution in [2.75, 3.05) is 0 Å². The third kappa shape index (κ3) is 1.55. The molecule has 19 heavy (non-hydrogen) atoms. The lowest BCUT2D eigenvalue weighted by atomic mass is 9.86. The van der Waals surface area contributed by atoms with Crippen LogP contribution in [0.25, 0.3) is 0 Å². The van der Waals surface area contributed by atoms with E-state index in [-0.39, 0.29) is 28.4 Å². The summed E-state index contributed by atoms with van der Waals surface area (Å²) in [4.78, 5) is 39.5. The van der Waals surface area contributed by atoms with Crippen molar-refractivity contribution in [2.45, 2.75) is 0 Å². The molecule has 0 bridgehead atoms. The van der Waals surface area contributed by atoms with Gasteiger partial charge in [-0.05, 0) is 6.07 Å². The molecule has 0 aliphatic heterocycles. The van der Waals surface area contributed by atoms with Crippen molar-refractivity contribution in [1.29, 1.82) is 0 Å². The topological polar surface area (TPSA) is 90.1 Å². The van der Waals surface area contributed by atoms with Crippen molar-refractivity contribution >= 4 is 17.5 Å². The van der Waals surface area contributed by atoms with Crippen molar-refractivity contribution in [3.8, 4) is 0 Å². The Morgan fingerprint density at radius 3 is 2.26 bits per heavy atom. The van der Waals surface area contributed by atoms with Crippen molar-refractivity contribution in [2.24, 2.45) is 5.73 Å². The fourth-order valence-corrected chi connectivity index (χ4v) is 2.11. The minimum absolute atomic E-state index is 0.0636. The van der Waals surface area contributed by atoms with Gasteiger partial charge in [0, 0.05) is 17.3 Å². The summed E-state index contributed by atoms with van der Waals surface area (Å²) in [7, 11) is 0. The van der Waals surface area contributed by atoms with Gasteiger partial charge in [-0.2, -0.15) is 0 Å². The normalized spacial score (nSPS) is 12.8. The van der Waals surface area contributed by atoms with Crippen molar-refractivity contribution < 1.29 is 14.4 Å². The standard InChI is InChI=1S/C14H8N2O3/c15-14(19)7-5-10-11(16-6-7)13(18)9-4-2-1-3-8(9)12(10)17/h1-6H,(H2,15,19). The highest BCUT2D eigenvalue weighted by Gasteiger charge is 2.30. The van der Waals surface area contributed by atoms with Gasteiger partial charge in [-0.15, -0.1) is 0 Å². The number of primary amides is 1. The lowest BCUT2D eigenvalue weighted by Crippen LogP contribution is -2.23. The monoisotopic (exact) mass is 252 g/mol. The number of hydrogen-bond acceptors (Lipinski definition) is 4. The molecular weight excluding hydrogens is 244 g/mol. The molecule has 1 aromatic carbocycles. The Labute approximate surface area is 108 Å². The van der Waals surface area contributed by atoms with E-state index in [1.807, 2.05) is 0 Å². The van der Waals surface area contributed by atoms with Crippen LogP contribution in [0.4, 0.5) is 0 Å². The lowest BCUT2D eigenvalue weighted by Gasteiger charge is -2.16. The smallest absolute Gasteiger partial charge is 0.250 e. The summed E-state index contributed by atoms with van der Waals surface area (Å²) in [6.45, 7) is 0. The Morgan fingerprint density at radius 1 is 1.00 bits per heavy atom. The highest BCUT2D eigenvalue weighted by Crippen LogP contribution is 2.26. The molecule has 0 unspecified atom stereocenters. The number of aromatic nitrogens is 1. The third-order valence-corrected chi connectivity index (χ3v) is 3.05. The Balaban J connectivity index is 2.27. The molecule has 3 rings (SSSR count). The molecule has 2 aromatic rings. The number of carbonyl (C=O) groups is 3. The van der Waals surface area contributed by atoms with Gasteiger partial charge in [-0.3, -0.25) is 19.4 Å². The zero-order chi connectivity index (χ0) is 13.6. The first-order chi connectivity index (χ1) is 9.09. The van der Waals surface area contributed by atoms with Crippen LogP contribution in [0.15, 0.2) is 36.5 Å². The number of nitrogens with zero attached hydrogens (tertiary/aromatic N) is 1. The molecule has 92 valence electrons. The fourth-order valence-electron chi connectivity index (χ4n) is 2.11. The maximum atomic E-state index is 12.3. The molecule has 1 amide bonds. The molecule has 1 aliphatic rings. The van der Waals surface area contributed by atoms with Crippen LogP contribution < -0.4 is 5.73 Å². The van der Waals surface area contributed by atoms with E-state index in [0.29, 0.717) is 11.1 Å². The second-order valence-corrected chi connectivity index (χ2v) is 4.19. The van der Waals surface area contributed by atoms with Crippen molar-refractivity contribution in [3.05, 3.63) is 64.5 Å². The molecule has 0 fully saturated rings. The summed E-state index contributed by atoms with van der Waals surface area (Å²) < 4.78 is 0. The predicted octanol–water partition coefficient (Wildman–Crippen LogP) is 0.956. The number of amides is 1. The summed E-state index contributed by atoms with van der Waals surface area (Å²) in [5, 5.41) is 0. The van der Waals surface area contributed by atoms with E-state index in [1.165, 1.54) is 12.3 Å². The van der Waals surface area contributed by atoms with Gasteiger partial charge < -0.3 is 5.73 Å². The quantitative estimate of drug-likeness (QED) is 0.698. The number of nitrogens with two attached hydrogens (primary N) is 1. The number of ketones is 2. The maximum absolute atomic E-state index is 12.3. The highest BCUT2D eigenvalue weighted by atomic mass is 16.1. The molecule has 0 spiro atoms. The zero-order valence-corrected chi connectivity index (χ0v) is 9.71. The third-order valence-electron chi connectivity index (χ3n) is 3.05. The number of carbonyl (C=O) groups excluding carboxylic acids is 3. The predicted molar refractivity (Wildman–Crippen MR) is 66.1 cm³/mol. The van der Waals surface area contributed by atoms with Crippen molar-refractivity contribution in [3.63, 3.8) is 0 Å². The molecule has 1 aromatic heterocycles. The van der Waals surface area contributed by atoms with Gasteiger partial charge in [-0.25, -0.2) is 0 Å². The summed E-state index contributed by atoms with van der Waals surface area (Å²) in [6.07, 6.45) is 1.21. The summed E-state index contributed by atoms with van der Waals surface area (Å²) >= 11 is 0. The highest BCUT2D eigenvalue weighted by molar-refractivity contribution is 6.27. The average Bonchev–Trinajstić information content (AvgIpc) is 2.44. The second-order valence-electron chi connectivity index (χ2n) is 4.19. The van der Waals surface area contributed by atoms with Crippen LogP contribution >= 0.6 is 0 Å². The van der Waals surface area contributed by atoms with E-state index in [9.17, 15) is 14.4 Å². The Bertz CT molecular complexity index is 750. The Morgan fingerprint density at radius 2 is 1.63 bits per heavy atom. The van der Waals surface area contributed by atoms with Crippen LogP contribution in [0.5, 0.6) is 0 Å². The van der Waals surface area contributed by atoms with E-state index >= 15 is 0 Å². The molecule has 0 atom stereocenters. The fraction of sp³-hybridized carbons (Fsp3) is 0. The Kier molecular flexibility index (Phi) is 2.28. The molecule has 0 radical (unpaired) electrons. The minimum Gasteiger partial charge on any atom is -0.366 e. The lowest BCUT2D eigenvalue weighted by molar-refractivity contribution is 0.0972. The molecule has 2 N–H and O–H groups in total. The minimum atomic E-state index is -0.686. The van der Waals surface area contributed by atoms with E-state index in [2.05, 4.69) is 4.98 Å². The molecule has 1 heterocycles. The van der Waals surface area contributed by atoms with Crippen LogP contribution in [0.2, 0.25) is 0 Å². The number of hydrogen-bond donors (Lipinski definition) is 1. The summed E-state index contributed by atoms with van der Waals surface area (Å²) in [6, 6.07) is 7.85. The summed E-state index contributed by atoms with van der Waals surface area (Å²) in [5.74, 6) is -1.32. The van der Waals surface area contributed by atoms with Gasteiger partial charge in [0.05, 0.1) is 11.1 Å². The molecule has 5 heteroatoms. The van der Waals surface area contributed by atoms with Crippen LogP contribution in [0.1, 0.15) is 42.3 Å². The van der Waals surface area contributed by atoms with Gasteiger partial charge in [0.1, 0.15) is 5.69 Å². The van der Waals surface area contributed by atoms with Gasteiger partial charge in [-0.1, -0.05) is 24.3 Å². The Hall–Kier alpha value is -2.82. The maximum Gasteiger partial charge on any atom is 0.250 e. The molecule has 5 nitrogen and oxygen atoms in total. The molecule has 0 saturated carbocycles. The van der Waals surface area contributed by atoms with Crippen molar-refractivity contribution in [1.82, 2.24) is 4.98 Å².